The number of rotatable bonds is 7. The maximum atomic E-state index is 4.54. The molecule has 0 fully saturated rings. The summed E-state index contributed by atoms with van der Waals surface area (Å²) in [7, 11) is 0. The average molecular weight is 254 g/mol. The first kappa shape index (κ1) is 14.7. The number of aryl methyl sites for hydroxylation is 1. The molecule has 2 nitrogen and oxygen atoms in total. The van der Waals surface area contributed by atoms with Crippen molar-refractivity contribution in [2.45, 2.75) is 41.0 Å². The molecule has 98 valence electrons. The third kappa shape index (κ3) is 5.64. The fourth-order valence-corrected chi connectivity index (χ4v) is 2.46. The second-order valence-electron chi connectivity index (χ2n) is 5.57. The van der Waals surface area contributed by atoms with Crippen LogP contribution in [0.2, 0.25) is 0 Å². The van der Waals surface area contributed by atoms with E-state index in [-0.39, 0.29) is 0 Å². The van der Waals surface area contributed by atoms with Gasteiger partial charge >= 0.3 is 0 Å². The van der Waals surface area contributed by atoms with Gasteiger partial charge in [-0.15, -0.1) is 11.3 Å². The highest BCUT2D eigenvalue weighted by Gasteiger charge is 2.14. The molecule has 0 aromatic carbocycles. The molecular weight excluding hydrogens is 228 g/mol. The molecule has 2 atom stereocenters. The largest absolute Gasteiger partial charge is 0.316 e. The van der Waals surface area contributed by atoms with Gasteiger partial charge in [0, 0.05) is 5.38 Å². The number of hydrogen-bond acceptors (Lipinski definition) is 3. The summed E-state index contributed by atoms with van der Waals surface area (Å²) < 4.78 is 0. The topological polar surface area (TPSA) is 24.9 Å². The van der Waals surface area contributed by atoms with E-state index in [4.69, 9.17) is 0 Å². The smallest absolute Gasteiger partial charge is 0.0897 e. The molecule has 1 aromatic heterocycles. The Bertz CT molecular complexity index is 320. The summed E-state index contributed by atoms with van der Waals surface area (Å²) in [5.41, 5.74) is 1.26. The highest BCUT2D eigenvalue weighted by atomic mass is 32.1. The van der Waals surface area contributed by atoms with Crippen LogP contribution in [-0.2, 0) is 6.42 Å². The highest BCUT2D eigenvalue weighted by molar-refractivity contribution is 7.09. The normalized spacial score (nSPS) is 15.2. The van der Waals surface area contributed by atoms with Crippen LogP contribution in [-0.4, -0.2) is 18.1 Å². The van der Waals surface area contributed by atoms with Crippen molar-refractivity contribution in [3.05, 3.63) is 16.1 Å². The Morgan fingerprint density at radius 3 is 2.41 bits per heavy atom. The molecule has 0 bridgehead atoms. The van der Waals surface area contributed by atoms with Crippen molar-refractivity contribution in [2.24, 2.45) is 17.8 Å². The van der Waals surface area contributed by atoms with E-state index in [9.17, 15) is 0 Å². The number of nitrogens with zero attached hydrogens (tertiary/aromatic N) is 1. The van der Waals surface area contributed by atoms with Gasteiger partial charge in [-0.3, -0.25) is 0 Å². The van der Waals surface area contributed by atoms with E-state index in [1.807, 2.05) is 0 Å². The molecule has 2 unspecified atom stereocenters. The molecule has 0 radical (unpaired) electrons. The van der Waals surface area contributed by atoms with Crippen LogP contribution < -0.4 is 5.32 Å². The summed E-state index contributed by atoms with van der Waals surface area (Å²) in [4.78, 5) is 4.54. The lowest BCUT2D eigenvalue weighted by Gasteiger charge is -2.20. The quantitative estimate of drug-likeness (QED) is 0.805. The van der Waals surface area contributed by atoms with E-state index in [0.29, 0.717) is 11.8 Å². The van der Waals surface area contributed by atoms with E-state index >= 15 is 0 Å². The third-order valence-electron chi connectivity index (χ3n) is 3.19. The first-order chi connectivity index (χ1) is 7.99. The van der Waals surface area contributed by atoms with Gasteiger partial charge in [0.05, 0.1) is 10.7 Å². The van der Waals surface area contributed by atoms with Crippen molar-refractivity contribution in [2.75, 3.05) is 13.1 Å². The molecule has 0 aliphatic carbocycles. The van der Waals surface area contributed by atoms with Crippen LogP contribution in [0.4, 0.5) is 0 Å². The fraction of sp³-hybridized carbons (Fsp3) is 0.786. The number of hydrogen-bond donors (Lipinski definition) is 1. The van der Waals surface area contributed by atoms with E-state index in [1.165, 1.54) is 10.7 Å². The number of aromatic nitrogens is 1. The van der Waals surface area contributed by atoms with Crippen molar-refractivity contribution < 1.29 is 0 Å². The minimum Gasteiger partial charge on any atom is -0.316 e. The Morgan fingerprint density at radius 1 is 1.18 bits per heavy atom. The average Bonchev–Trinajstić information content (AvgIpc) is 2.63. The van der Waals surface area contributed by atoms with Gasteiger partial charge in [-0.1, -0.05) is 27.7 Å². The van der Waals surface area contributed by atoms with E-state index in [1.54, 1.807) is 11.3 Å². The molecule has 1 aromatic rings. The molecule has 3 heteroatoms. The Balaban J connectivity index is 2.29. The highest BCUT2D eigenvalue weighted by Crippen LogP contribution is 2.18. The molecule has 0 amide bonds. The molecule has 17 heavy (non-hydrogen) atoms. The van der Waals surface area contributed by atoms with Gasteiger partial charge in [-0.25, -0.2) is 4.98 Å². The van der Waals surface area contributed by atoms with Crippen LogP contribution in [0.5, 0.6) is 0 Å². The molecule has 0 saturated carbocycles. The van der Waals surface area contributed by atoms with Crippen LogP contribution in [0.15, 0.2) is 5.38 Å². The third-order valence-corrected chi connectivity index (χ3v) is 4.01. The van der Waals surface area contributed by atoms with Gasteiger partial charge in [0.15, 0.2) is 0 Å². The van der Waals surface area contributed by atoms with Gasteiger partial charge < -0.3 is 5.32 Å². The maximum Gasteiger partial charge on any atom is 0.0897 e. The number of nitrogens with one attached hydrogen (secondary N) is 1. The molecule has 0 saturated heterocycles. The summed E-state index contributed by atoms with van der Waals surface area (Å²) >= 11 is 1.75. The fourth-order valence-electron chi connectivity index (χ4n) is 1.83. The first-order valence-electron chi connectivity index (χ1n) is 6.60. The van der Waals surface area contributed by atoms with Crippen molar-refractivity contribution in [3.63, 3.8) is 0 Å². The van der Waals surface area contributed by atoms with Crippen LogP contribution in [0.1, 0.15) is 38.4 Å². The molecule has 0 aliphatic heterocycles. The zero-order valence-corrected chi connectivity index (χ0v) is 12.6. The minimum atomic E-state index is 0.691. The Kier molecular flexibility index (Phi) is 6.14. The lowest BCUT2D eigenvalue weighted by molar-refractivity contribution is 0.355. The maximum absolute atomic E-state index is 4.54. The monoisotopic (exact) mass is 254 g/mol. The molecule has 0 aliphatic rings. The van der Waals surface area contributed by atoms with Crippen LogP contribution in [0.3, 0.4) is 0 Å². The zero-order chi connectivity index (χ0) is 12.8. The second kappa shape index (κ2) is 7.12. The summed E-state index contributed by atoms with van der Waals surface area (Å²) in [6, 6.07) is 0. The van der Waals surface area contributed by atoms with E-state index < -0.39 is 0 Å². The molecular formula is C14H26N2S. The molecule has 0 spiro atoms. The summed E-state index contributed by atoms with van der Waals surface area (Å²) in [6.45, 7) is 13.5. The Morgan fingerprint density at radius 2 is 1.88 bits per heavy atom. The van der Waals surface area contributed by atoms with Gasteiger partial charge in [0.1, 0.15) is 0 Å². The lowest BCUT2D eigenvalue weighted by Crippen LogP contribution is -2.28. The van der Waals surface area contributed by atoms with Crippen molar-refractivity contribution in [3.8, 4) is 0 Å². The lowest BCUT2D eigenvalue weighted by atomic mass is 9.91. The molecule has 1 heterocycles. The summed E-state index contributed by atoms with van der Waals surface area (Å²) in [6.07, 6.45) is 1.11. The van der Waals surface area contributed by atoms with E-state index in [0.717, 1.165) is 25.4 Å². The van der Waals surface area contributed by atoms with Crippen molar-refractivity contribution in [1.82, 2.24) is 10.3 Å². The van der Waals surface area contributed by atoms with Gasteiger partial charge in [-0.2, -0.15) is 0 Å². The first-order valence-corrected chi connectivity index (χ1v) is 7.48. The predicted molar refractivity (Wildman–Crippen MR) is 76.6 cm³/mol. The number of thiazole rings is 1. The predicted octanol–water partition coefficient (Wildman–Crippen LogP) is 3.51. The summed E-state index contributed by atoms with van der Waals surface area (Å²) in [5, 5.41) is 6.91. The zero-order valence-electron chi connectivity index (χ0n) is 11.8. The van der Waals surface area contributed by atoms with Crippen molar-refractivity contribution >= 4 is 11.3 Å². The Hall–Kier alpha value is -0.410. The second-order valence-corrected chi connectivity index (χ2v) is 6.63. The minimum absolute atomic E-state index is 0.691. The molecule has 1 rings (SSSR count). The van der Waals surface area contributed by atoms with Gasteiger partial charge in [-0.05, 0) is 44.2 Å². The van der Waals surface area contributed by atoms with Gasteiger partial charge in [0.25, 0.3) is 0 Å². The van der Waals surface area contributed by atoms with Crippen LogP contribution >= 0.6 is 11.3 Å². The summed E-state index contributed by atoms with van der Waals surface area (Å²) in [5.74, 6) is 2.13. The van der Waals surface area contributed by atoms with Crippen LogP contribution in [0.25, 0.3) is 0 Å². The van der Waals surface area contributed by atoms with Crippen LogP contribution in [0, 0.1) is 24.7 Å². The van der Waals surface area contributed by atoms with Gasteiger partial charge in [0.2, 0.25) is 0 Å². The standard InChI is InChI=1S/C14H26N2S/c1-10(2)7-15-8-12(4)11(3)6-14-9-17-13(5)16-14/h9-12,15H,6-8H2,1-5H3. The molecule has 1 N–H and O–H groups in total. The van der Waals surface area contributed by atoms with E-state index in [2.05, 4.69) is 50.3 Å². The van der Waals surface area contributed by atoms with Crippen molar-refractivity contribution in [1.29, 1.82) is 0 Å². The SMILES string of the molecule is Cc1nc(CC(C)C(C)CNCC(C)C)cs1. The Labute approximate surface area is 110 Å².